The molecule has 0 radical (unpaired) electrons. The van der Waals surface area contributed by atoms with Gasteiger partial charge in [-0.25, -0.2) is 9.97 Å². The molecule has 0 aliphatic rings. The Morgan fingerprint density at radius 3 is 2.27 bits per heavy atom. The summed E-state index contributed by atoms with van der Waals surface area (Å²) in [7, 11) is 0. The topological polar surface area (TPSA) is 25.8 Å². The van der Waals surface area contributed by atoms with E-state index >= 15 is 0 Å². The van der Waals surface area contributed by atoms with Gasteiger partial charge in [-0.1, -0.05) is 20.8 Å². The lowest BCUT2D eigenvalue weighted by Crippen LogP contribution is -2.13. The van der Waals surface area contributed by atoms with Crippen molar-refractivity contribution in [2.45, 2.75) is 26.2 Å². The average Bonchev–Trinajstić information content (AvgIpc) is 1.86. The summed E-state index contributed by atoms with van der Waals surface area (Å²) in [5.74, 6) is -0.468. The summed E-state index contributed by atoms with van der Waals surface area (Å²) in [5, 5.41) is 0. The molecular weight excluding hydrogens is 143 g/mol. The lowest BCUT2D eigenvalue weighted by molar-refractivity contribution is 0.532. The van der Waals surface area contributed by atoms with Gasteiger partial charge in [-0.15, -0.1) is 0 Å². The van der Waals surface area contributed by atoms with Gasteiger partial charge in [0.15, 0.2) is 0 Å². The van der Waals surface area contributed by atoms with E-state index in [2.05, 4.69) is 9.97 Å². The summed E-state index contributed by atoms with van der Waals surface area (Å²) in [6.07, 6.45) is 1.25. The zero-order valence-corrected chi connectivity index (χ0v) is 6.93. The van der Waals surface area contributed by atoms with Gasteiger partial charge in [0.05, 0.1) is 5.69 Å². The van der Waals surface area contributed by atoms with Crippen LogP contribution in [-0.4, -0.2) is 9.97 Å². The van der Waals surface area contributed by atoms with Gasteiger partial charge < -0.3 is 0 Å². The van der Waals surface area contributed by atoms with Crippen LogP contribution < -0.4 is 0 Å². The van der Waals surface area contributed by atoms with Crippen LogP contribution in [0.1, 0.15) is 26.5 Å². The Morgan fingerprint density at radius 2 is 1.91 bits per heavy atom. The third-order valence-corrected chi connectivity index (χ3v) is 1.40. The van der Waals surface area contributed by atoms with Crippen molar-refractivity contribution in [3.8, 4) is 0 Å². The zero-order valence-electron chi connectivity index (χ0n) is 6.93. The second-order valence-electron chi connectivity index (χ2n) is 3.48. The van der Waals surface area contributed by atoms with Crippen LogP contribution in [0.5, 0.6) is 0 Å². The number of rotatable bonds is 0. The highest BCUT2D eigenvalue weighted by molar-refractivity contribution is 5.10. The minimum Gasteiger partial charge on any atom is -0.241 e. The monoisotopic (exact) mass is 154 g/mol. The predicted octanol–water partition coefficient (Wildman–Crippen LogP) is 1.91. The molecule has 0 spiro atoms. The lowest BCUT2D eigenvalue weighted by Gasteiger charge is -2.16. The molecule has 0 unspecified atom stereocenters. The normalized spacial score (nSPS) is 11.6. The van der Waals surface area contributed by atoms with Crippen LogP contribution >= 0.6 is 0 Å². The summed E-state index contributed by atoms with van der Waals surface area (Å²) in [6.45, 7) is 5.94. The molecule has 0 N–H and O–H groups in total. The third kappa shape index (κ3) is 1.97. The van der Waals surface area contributed by atoms with Gasteiger partial charge >= 0.3 is 0 Å². The fourth-order valence-electron chi connectivity index (χ4n) is 0.744. The Kier molecular flexibility index (Phi) is 1.89. The van der Waals surface area contributed by atoms with E-state index in [1.165, 1.54) is 12.4 Å². The molecule has 0 aliphatic carbocycles. The number of aromatic nitrogens is 2. The van der Waals surface area contributed by atoms with E-state index < -0.39 is 5.95 Å². The molecule has 0 amide bonds. The fourth-order valence-corrected chi connectivity index (χ4v) is 0.744. The summed E-state index contributed by atoms with van der Waals surface area (Å²) < 4.78 is 12.5. The van der Waals surface area contributed by atoms with Gasteiger partial charge in [0.1, 0.15) is 6.33 Å². The van der Waals surface area contributed by atoms with Gasteiger partial charge in [0, 0.05) is 11.5 Å². The van der Waals surface area contributed by atoms with E-state index in [9.17, 15) is 4.39 Å². The maximum atomic E-state index is 12.5. The summed E-state index contributed by atoms with van der Waals surface area (Å²) in [4.78, 5) is 7.34. The van der Waals surface area contributed by atoms with Crippen molar-refractivity contribution < 1.29 is 4.39 Å². The van der Waals surface area contributed by atoms with Crippen LogP contribution in [0.2, 0.25) is 0 Å². The Hall–Kier alpha value is -0.990. The Balaban J connectivity index is 3.06. The van der Waals surface area contributed by atoms with E-state index in [1.807, 2.05) is 20.8 Å². The quantitative estimate of drug-likeness (QED) is 0.533. The first-order valence-electron chi connectivity index (χ1n) is 3.48. The molecule has 0 aliphatic heterocycles. The molecule has 0 bridgehead atoms. The smallest absolute Gasteiger partial charge is 0.216 e. The summed E-state index contributed by atoms with van der Waals surface area (Å²) in [5.41, 5.74) is 0.619. The van der Waals surface area contributed by atoms with Crippen molar-refractivity contribution in [2.75, 3.05) is 0 Å². The minimum atomic E-state index is -0.468. The van der Waals surface area contributed by atoms with E-state index in [4.69, 9.17) is 0 Å². The number of nitrogens with zero attached hydrogens (tertiary/aromatic N) is 2. The molecule has 1 aromatic rings. The molecule has 0 fully saturated rings. The zero-order chi connectivity index (χ0) is 8.48. The highest BCUT2D eigenvalue weighted by Crippen LogP contribution is 2.18. The molecule has 1 aromatic heterocycles. The molecule has 0 saturated carbocycles. The minimum absolute atomic E-state index is 0.107. The molecule has 60 valence electrons. The van der Waals surface area contributed by atoms with E-state index in [0.29, 0.717) is 0 Å². The molecule has 3 heteroatoms. The maximum Gasteiger partial charge on any atom is 0.216 e. The first kappa shape index (κ1) is 8.11. The lowest BCUT2D eigenvalue weighted by atomic mass is 9.92. The van der Waals surface area contributed by atoms with Crippen molar-refractivity contribution in [2.24, 2.45) is 0 Å². The Morgan fingerprint density at radius 1 is 1.27 bits per heavy atom. The second kappa shape index (κ2) is 2.57. The number of hydrogen-bond donors (Lipinski definition) is 0. The van der Waals surface area contributed by atoms with Crippen molar-refractivity contribution in [3.63, 3.8) is 0 Å². The van der Waals surface area contributed by atoms with E-state index in [-0.39, 0.29) is 5.41 Å². The van der Waals surface area contributed by atoms with Crippen LogP contribution in [0, 0.1) is 5.95 Å². The SMILES string of the molecule is CC(C)(C)c1cc(F)ncn1. The molecule has 11 heavy (non-hydrogen) atoms. The second-order valence-corrected chi connectivity index (χ2v) is 3.48. The molecule has 0 aromatic carbocycles. The largest absolute Gasteiger partial charge is 0.241 e. The maximum absolute atomic E-state index is 12.5. The first-order valence-corrected chi connectivity index (χ1v) is 3.48. The summed E-state index contributed by atoms with van der Waals surface area (Å²) in [6, 6.07) is 1.36. The molecular formula is C8H11FN2. The molecule has 2 nitrogen and oxygen atoms in total. The van der Waals surface area contributed by atoms with Gasteiger partial charge in [-0.3, -0.25) is 0 Å². The van der Waals surface area contributed by atoms with E-state index in [1.54, 1.807) is 0 Å². The standard InChI is InChI=1S/C8H11FN2/c1-8(2,3)6-4-7(9)11-5-10-6/h4-5H,1-3H3. The van der Waals surface area contributed by atoms with Gasteiger partial charge in [0.25, 0.3) is 0 Å². The fraction of sp³-hybridized carbons (Fsp3) is 0.500. The molecule has 0 atom stereocenters. The predicted molar refractivity (Wildman–Crippen MR) is 40.7 cm³/mol. The van der Waals surface area contributed by atoms with Crippen LogP contribution in [0.4, 0.5) is 4.39 Å². The van der Waals surface area contributed by atoms with Gasteiger partial charge in [-0.2, -0.15) is 4.39 Å². The van der Waals surface area contributed by atoms with E-state index in [0.717, 1.165) is 5.69 Å². The molecule has 1 rings (SSSR count). The van der Waals surface area contributed by atoms with Crippen molar-refractivity contribution >= 4 is 0 Å². The van der Waals surface area contributed by atoms with Gasteiger partial charge in [-0.05, 0) is 0 Å². The van der Waals surface area contributed by atoms with Crippen molar-refractivity contribution in [3.05, 3.63) is 24.0 Å². The Bertz CT molecular complexity index is 253. The first-order chi connectivity index (χ1) is 5.00. The number of halogens is 1. The van der Waals surface area contributed by atoms with Crippen LogP contribution in [0.3, 0.4) is 0 Å². The van der Waals surface area contributed by atoms with Crippen molar-refractivity contribution in [1.29, 1.82) is 0 Å². The molecule has 1 heterocycles. The van der Waals surface area contributed by atoms with Crippen LogP contribution in [0.25, 0.3) is 0 Å². The van der Waals surface area contributed by atoms with Crippen LogP contribution in [-0.2, 0) is 5.41 Å². The average molecular weight is 154 g/mol. The van der Waals surface area contributed by atoms with Crippen LogP contribution in [0.15, 0.2) is 12.4 Å². The molecule has 0 saturated heterocycles. The Labute approximate surface area is 65.5 Å². The van der Waals surface area contributed by atoms with Crippen molar-refractivity contribution in [1.82, 2.24) is 9.97 Å². The number of hydrogen-bond acceptors (Lipinski definition) is 2. The van der Waals surface area contributed by atoms with Gasteiger partial charge in [0.2, 0.25) is 5.95 Å². The highest BCUT2D eigenvalue weighted by atomic mass is 19.1. The third-order valence-electron chi connectivity index (χ3n) is 1.40. The summed E-state index contributed by atoms with van der Waals surface area (Å²) >= 11 is 0. The highest BCUT2D eigenvalue weighted by Gasteiger charge is 2.15.